The Morgan fingerprint density at radius 2 is 1.83 bits per heavy atom. The highest BCUT2D eigenvalue weighted by molar-refractivity contribution is 5.76. The first kappa shape index (κ1) is 21.1. The highest BCUT2D eigenvalue weighted by atomic mass is 19.4. The van der Waals surface area contributed by atoms with Crippen LogP contribution < -0.4 is 5.32 Å². The van der Waals surface area contributed by atoms with E-state index in [0.29, 0.717) is 4.68 Å². The molecular formula is C19H18F3N5O3. The van der Waals surface area contributed by atoms with Crippen molar-refractivity contribution in [2.45, 2.75) is 32.6 Å². The first-order chi connectivity index (χ1) is 14.1. The minimum absolute atomic E-state index is 0.341. The van der Waals surface area contributed by atoms with E-state index in [1.54, 1.807) is 6.92 Å². The Bertz CT molecular complexity index is 1060. The largest absolute Gasteiger partial charge is 0.442 e. The normalized spacial score (nSPS) is 12.6. The molecule has 0 aliphatic rings. The topological polar surface area (TPSA) is 95.0 Å². The molecule has 1 N–H and O–H groups in total. The number of carbonyl (C=O) groups excluding carboxylic acids is 1. The number of aromatic nitrogens is 3. The molecule has 1 aromatic carbocycles. The number of hydrogen-bond acceptors (Lipinski definition) is 4. The summed E-state index contributed by atoms with van der Waals surface area (Å²) in [5.74, 6) is -0.619. The monoisotopic (exact) mass is 421 g/mol. The molecule has 1 unspecified atom stereocenters. The Balaban J connectivity index is 1.72. The van der Waals surface area contributed by atoms with Gasteiger partial charge in [-0.15, -0.1) is 0 Å². The molecule has 0 spiro atoms. The van der Waals surface area contributed by atoms with E-state index in [2.05, 4.69) is 10.4 Å². The van der Waals surface area contributed by atoms with Crippen molar-refractivity contribution in [1.82, 2.24) is 19.7 Å². The van der Waals surface area contributed by atoms with Crippen LogP contribution in [-0.2, 0) is 17.5 Å². The minimum atomic E-state index is -5.00. The molecule has 1 amide bonds. The predicted molar refractivity (Wildman–Crippen MR) is 101 cm³/mol. The van der Waals surface area contributed by atoms with Crippen LogP contribution >= 0.6 is 0 Å². The molecule has 11 heteroatoms. The Morgan fingerprint density at radius 3 is 2.33 bits per heavy atom. The fourth-order valence-corrected chi connectivity index (χ4v) is 3.05. The van der Waals surface area contributed by atoms with Crippen molar-refractivity contribution in [1.29, 1.82) is 0 Å². The number of benzene rings is 1. The predicted octanol–water partition coefficient (Wildman–Crippen LogP) is 3.79. The summed E-state index contributed by atoms with van der Waals surface area (Å²) in [4.78, 5) is 22.2. The smallest absolute Gasteiger partial charge is 0.348 e. The summed E-state index contributed by atoms with van der Waals surface area (Å²) in [6.07, 6.45) is -1.22. The fraction of sp³-hybridized carbons (Fsp3) is 0.263. The Kier molecular flexibility index (Phi) is 5.63. The average Bonchev–Trinajstić information content (AvgIpc) is 3.30. The molecule has 1 atom stereocenters. The zero-order valence-electron chi connectivity index (χ0n) is 16.1. The van der Waals surface area contributed by atoms with Crippen LogP contribution in [0.2, 0.25) is 0 Å². The Labute approximate surface area is 169 Å². The number of rotatable bonds is 6. The van der Waals surface area contributed by atoms with Gasteiger partial charge in [-0.05, 0) is 43.7 Å². The van der Waals surface area contributed by atoms with E-state index in [1.165, 1.54) is 0 Å². The molecule has 0 aliphatic heterocycles. The van der Waals surface area contributed by atoms with E-state index in [-0.39, 0.29) is 5.69 Å². The zero-order valence-corrected chi connectivity index (χ0v) is 16.1. The summed E-state index contributed by atoms with van der Waals surface area (Å²) in [6.45, 7) is 2.27. The molecule has 30 heavy (non-hydrogen) atoms. The van der Waals surface area contributed by atoms with Gasteiger partial charge in [0.05, 0.1) is 11.0 Å². The second-order valence-corrected chi connectivity index (χ2v) is 6.67. The lowest BCUT2D eigenvalue weighted by atomic mass is 10.1. The van der Waals surface area contributed by atoms with Gasteiger partial charge in [-0.3, -0.25) is 19.6 Å². The number of carbonyl (C=O) groups is 1. The molecular weight excluding hydrogens is 403 g/mol. The van der Waals surface area contributed by atoms with Gasteiger partial charge >= 0.3 is 11.9 Å². The summed E-state index contributed by atoms with van der Waals surface area (Å²) >= 11 is 0. The van der Waals surface area contributed by atoms with Crippen molar-refractivity contribution in [2.75, 3.05) is 0 Å². The third-order valence-electron chi connectivity index (χ3n) is 4.59. The van der Waals surface area contributed by atoms with Gasteiger partial charge in [-0.2, -0.15) is 18.3 Å². The van der Waals surface area contributed by atoms with Crippen LogP contribution in [0.1, 0.15) is 29.9 Å². The van der Waals surface area contributed by atoms with E-state index >= 15 is 0 Å². The van der Waals surface area contributed by atoms with Gasteiger partial charge in [0.2, 0.25) is 11.6 Å². The van der Waals surface area contributed by atoms with Crippen molar-refractivity contribution in [3.05, 3.63) is 75.9 Å². The van der Waals surface area contributed by atoms with E-state index < -0.39 is 41.0 Å². The van der Waals surface area contributed by atoms with Crippen LogP contribution in [0.5, 0.6) is 0 Å². The number of amides is 1. The lowest BCUT2D eigenvalue weighted by Gasteiger charge is -2.15. The van der Waals surface area contributed by atoms with Crippen molar-refractivity contribution < 1.29 is 22.9 Å². The first-order valence-electron chi connectivity index (χ1n) is 8.89. The molecule has 8 nitrogen and oxygen atoms in total. The highest BCUT2D eigenvalue weighted by Gasteiger charge is 2.44. The molecule has 3 aromatic rings. The van der Waals surface area contributed by atoms with Crippen molar-refractivity contribution >= 4 is 11.6 Å². The van der Waals surface area contributed by atoms with Crippen LogP contribution in [0, 0.1) is 17.0 Å². The second-order valence-electron chi connectivity index (χ2n) is 6.67. The minimum Gasteiger partial charge on any atom is -0.348 e. The second kappa shape index (κ2) is 8.01. The quantitative estimate of drug-likeness (QED) is 0.484. The maximum atomic E-state index is 13.0. The zero-order chi connectivity index (χ0) is 22.1. The molecule has 0 bridgehead atoms. The molecule has 0 saturated heterocycles. The standard InChI is InChI=1S/C19H18F3N5O3/c1-12(14-5-7-15(8-6-14)25-9-3-4-10-25)23-16(28)11-26-13(2)17(27(29)30)18(24-26)19(20,21)22/h3-10,12H,11H2,1-2H3,(H,23,28). The molecule has 2 heterocycles. The van der Waals surface area contributed by atoms with Crippen molar-refractivity contribution in [3.8, 4) is 5.69 Å². The first-order valence-corrected chi connectivity index (χ1v) is 8.89. The van der Waals surface area contributed by atoms with E-state index in [4.69, 9.17) is 0 Å². The maximum absolute atomic E-state index is 13.0. The van der Waals surface area contributed by atoms with Crippen LogP contribution in [-0.4, -0.2) is 25.2 Å². The molecule has 0 radical (unpaired) electrons. The van der Waals surface area contributed by atoms with Crippen LogP contribution in [0.25, 0.3) is 5.69 Å². The lowest BCUT2D eigenvalue weighted by Crippen LogP contribution is -2.30. The van der Waals surface area contributed by atoms with Gasteiger partial charge in [0.1, 0.15) is 12.2 Å². The Morgan fingerprint density at radius 1 is 1.23 bits per heavy atom. The van der Waals surface area contributed by atoms with Gasteiger partial charge < -0.3 is 9.88 Å². The van der Waals surface area contributed by atoms with Gasteiger partial charge in [-0.1, -0.05) is 12.1 Å². The molecule has 0 saturated carbocycles. The van der Waals surface area contributed by atoms with Crippen molar-refractivity contribution in [3.63, 3.8) is 0 Å². The lowest BCUT2D eigenvalue weighted by molar-refractivity contribution is -0.388. The number of nitro groups is 1. The number of hydrogen-bond donors (Lipinski definition) is 1. The van der Waals surface area contributed by atoms with E-state index in [0.717, 1.165) is 18.2 Å². The number of alkyl halides is 3. The van der Waals surface area contributed by atoms with Crippen LogP contribution in [0.3, 0.4) is 0 Å². The maximum Gasteiger partial charge on any atom is 0.442 e. The summed E-state index contributed by atoms with van der Waals surface area (Å²) < 4.78 is 41.7. The average molecular weight is 421 g/mol. The van der Waals surface area contributed by atoms with Crippen LogP contribution in [0.15, 0.2) is 48.8 Å². The van der Waals surface area contributed by atoms with Crippen LogP contribution in [0.4, 0.5) is 18.9 Å². The van der Waals surface area contributed by atoms with Gasteiger partial charge in [-0.25, -0.2) is 0 Å². The molecule has 3 rings (SSSR count). The van der Waals surface area contributed by atoms with E-state index in [1.807, 2.05) is 53.4 Å². The van der Waals surface area contributed by atoms with Gasteiger partial charge in [0.15, 0.2) is 0 Å². The third-order valence-corrected chi connectivity index (χ3v) is 4.59. The fourth-order valence-electron chi connectivity index (χ4n) is 3.05. The van der Waals surface area contributed by atoms with Gasteiger partial charge in [0.25, 0.3) is 0 Å². The highest BCUT2D eigenvalue weighted by Crippen LogP contribution is 2.36. The third kappa shape index (κ3) is 4.34. The van der Waals surface area contributed by atoms with Gasteiger partial charge in [0, 0.05) is 18.1 Å². The summed E-state index contributed by atoms with van der Waals surface area (Å²) in [6, 6.07) is 10.7. The molecule has 0 fully saturated rings. The Hall–Kier alpha value is -3.63. The van der Waals surface area contributed by atoms with E-state index in [9.17, 15) is 28.1 Å². The summed E-state index contributed by atoms with van der Waals surface area (Å²) in [7, 11) is 0. The number of halogens is 3. The number of nitrogens with zero attached hydrogens (tertiary/aromatic N) is 4. The number of nitrogens with one attached hydrogen (secondary N) is 1. The molecule has 2 aromatic heterocycles. The van der Waals surface area contributed by atoms with Crippen molar-refractivity contribution in [2.24, 2.45) is 0 Å². The summed E-state index contributed by atoms with van der Waals surface area (Å²) in [5, 5.41) is 16.9. The summed E-state index contributed by atoms with van der Waals surface area (Å²) in [5.41, 5.74) is -1.39. The molecule has 158 valence electrons. The SMILES string of the molecule is Cc1c([N+](=O)[O-])c(C(F)(F)F)nn1CC(=O)NC(C)c1ccc(-n2cccc2)cc1. The molecule has 0 aliphatic carbocycles.